The van der Waals surface area contributed by atoms with E-state index in [1.807, 2.05) is 20.8 Å². The zero-order chi connectivity index (χ0) is 8.15. The Bertz CT molecular complexity index is 157. The average molecular weight is 142 g/mol. The summed E-state index contributed by atoms with van der Waals surface area (Å²) in [5.41, 5.74) is 1.54. The lowest BCUT2D eigenvalue weighted by molar-refractivity contribution is -0.132. The number of rotatable bonds is 3. The van der Waals surface area contributed by atoms with E-state index in [1.54, 1.807) is 0 Å². The first-order valence-electron chi connectivity index (χ1n) is 3.55. The highest BCUT2D eigenvalue weighted by Gasteiger charge is 2.06. The third kappa shape index (κ3) is 2.21. The maximum absolute atomic E-state index is 10.5. The molecule has 0 spiro atoms. The van der Waals surface area contributed by atoms with Gasteiger partial charge >= 0.3 is 5.97 Å². The van der Waals surface area contributed by atoms with Gasteiger partial charge in [0.25, 0.3) is 0 Å². The van der Waals surface area contributed by atoms with Gasteiger partial charge in [0, 0.05) is 5.57 Å². The molecule has 0 aliphatic heterocycles. The van der Waals surface area contributed by atoms with Crippen LogP contribution in [0.25, 0.3) is 0 Å². The van der Waals surface area contributed by atoms with Crippen molar-refractivity contribution in [2.45, 2.75) is 33.6 Å². The van der Waals surface area contributed by atoms with E-state index in [9.17, 15) is 4.79 Å². The van der Waals surface area contributed by atoms with E-state index in [4.69, 9.17) is 5.11 Å². The molecule has 0 rings (SSSR count). The summed E-state index contributed by atoms with van der Waals surface area (Å²) in [5.74, 6) is -0.776. The van der Waals surface area contributed by atoms with Crippen LogP contribution in [0.4, 0.5) is 0 Å². The summed E-state index contributed by atoms with van der Waals surface area (Å²) in [7, 11) is 0. The lowest BCUT2D eigenvalue weighted by atomic mass is 10.1. The quantitative estimate of drug-likeness (QED) is 0.613. The second kappa shape index (κ2) is 4.09. The summed E-state index contributed by atoms with van der Waals surface area (Å²) in [6, 6.07) is 0. The average Bonchev–Trinajstić information content (AvgIpc) is 1.88. The van der Waals surface area contributed by atoms with Crippen LogP contribution in [0.15, 0.2) is 11.1 Å². The van der Waals surface area contributed by atoms with E-state index < -0.39 is 5.97 Å². The van der Waals surface area contributed by atoms with E-state index in [-0.39, 0.29) is 0 Å². The molecule has 0 unspecified atom stereocenters. The maximum Gasteiger partial charge on any atom is 0.331 e. The van der Waals surface area contributed by atoms with Gasteiger partial charge in [0.2, 0.25) is 0 Å². The fourth-order valence-corrected chi connectivity index (χ4v) is 0.849. The first-order valence-corrected chi connectivity index (χ1v) is 3.55. The van der Waals surface area contributed by atoms with Gasteiger partial charge in [0.15, 0.2) is 0 Å². The van der Waals surface area contributed by atoms with Crippen molar-refractivity contribution in [3.8, 4) is 0 Å². The number of hydrogen-bond donors (Lipinski definition) is 1. The summed E-state index contributed by atoms with van der Waals surface area (Å²) >= 11 is 0. The molecule has 58 valence electrons. The number of hydrogen-bond acceptors (Lipinski definition) is 1. The molecule has 0 saturated heterocycles. The smallest absolute Gasteiger partial charge is 0.331 e. The van der Waals surface area contributed by atoms with Crippen LogP contribution in [0.5, 0.6) is 0 Å². The largest absolute Gasteiger partial charge is 0.478 e. The van der Waals surface area contributed by atoms with Crippen molar-refractivity contribution < 1.29 is 9.90 Å². The molecule has 0 fully saturated rings. The second-order valence-electron chi connectivity index (χ2n) is 2.27. The van der Waals surface area contributed by atoms with E-state index in [1.165, 1.54) is 0 Å². The van der Waals surface area contributed by atoms with Crippen molar-refractivity contribution in [2.24, 2.45) is 0 Å². The van der Waals surface area contributed by atoms with Gasteiger partial charge in [-0.15, -0.1) is 0 Å². The second-order valence-corrected chi connectivity index (χ2v) is 2.27. The highest BCUT2D eigenvalue weighted by atomic mass is 16.4. The standard InChI is InChI=1S/C8H14O2/c1-4-6(3)7(5-2)8(9)10/h4-5H2,1-3H3,(H,9,10). The summed E-state index contributed by atoms with van der Waals surface area (Å²) in [6.45, 7) is 5.70. The summed E-state index contributed by atoms with van der Waals surface area (Å²) in [5, 5.41) is 8.62. The maximum atomic E-state index is 10.5. The molecule has 0 aromatic carbocycles. The molecule has 0 amide bonds. The molecule has 10 heavy (non-hydrogen) atoms. The number of allylic oxidation sites excluding steroid dienone is 1. The highest BCUT2D eigenvalue weighted by Crippen LogP contribution is 2.10. The van der Waals surface area contributed by atoms with Crippen LogP contribution in [0.2, 0.25) is 0 Å². The molecule has 0 bridgehead atoms. The van der Waals surface area contributed by atoms with Gasteiger partial charge in [-0.3, -0.25) is 0 Å². The number of carboxylic acids is 1. The molecule has 0 aromatic heterocycles. The molecule has 2 heteroatoms. The Balaban J connectivity index is 4.45. The lowest BCUT2D eigenvalue weighted by Crippen LogP contribution is -2.01. The van der Waals surface area contributed by atoms with Gasteiger partial charge in [-0.2, -0.15) is 0 Å². The molecule has 0 aliphatic rings. The SMILES string of the molecule is CCC(C)=C(CC)C(=O)O. The molecule has 1 N–H and O–H groups in total. The first kappa shape index (κ1) is 9.21. The monoisotopic (exact) mass is 142 g/mol. The van der Waals surface area contributed by atoms with Gasteiger partial charge in [-0.05, 0) is 19.8 Å². The molecule has 0 aromatic rings. The van der Waals surface area contributed by atoms with Crippen molar-refractivity contribution in [1.29, 1.82) is 0 Å². The van der Waals surface area contributed by atoms with Crippen molar-refractivity contribution in [2.75, 3.05) is 0 Å². The molecule has 0 radical (unpaired) electrons. The third-order valence-corrected chi connectivity index (χ3v) is 1.66. The normalized spacial score (nSPS) is 12.7. The molecule has 0 atom stereocenters. The zero-order valence-electron chi connectivity index (χ0n) is 6.77. The minimum Gasteiger partial charge on any atom is -0.478 e. The van der Waals surface area contributed by atoms with E-state index in [0.717, 1.165) is 12.0 Å². The Hall–Kier alpha value is -0.790. The van der Waals surface area contributed by atoms with Crippen molar-refractivity contribution in [3.63, 3.8) is 0 Å². The van der Waals surface area contributed by atoms with Gasteiger partial charge in [0.05, 0.1) is 0 Å². The van der Waals surface area contributed by atoms with Crippen LogP contribution < -0.4 is 0 Å². The lowest BCUT2D eigenvalue weighted by Gasteiger charge is -2.01. The Morgan fingerprint density at radius 3 is 1.90 bits per heavy atom. The topological polar surface area (TPSA) is 37.3 Å². The summed E-state index contributed by atoms with van der Waals surface area (Å²) < 4.78 is 0. The van der Waals surface area contributed by atoms with Crippen LogP contribution in [0.3, 0.4) is 0 Å². The predicted molar refractivity (Wildman–Crippen MR) is 40.9 cm³/mol. The van der Waals surface area contributed by atoms with Gasteiger partial charge in [-0.25, -0.2) is 4.79 Å². The Morgan fingerprint density at radius 1 is 1.30 bits per heavy atom. The van der Waals surface area contributed by atoms with Gasteiger partial charge < -0.3 is 5.11 Å². The van der Waals surface area contributed by atoms with Crippen LogP contribution >= 0.6 is 0 Å². The minimum absolute atomic E-state index is 0.558. The van der Waals surface area contributed by atoms with Crippen LogP contribution in [0, 0.1) is 0 Å². The third-order valence-electron chi connectivity index (χ3n) is 1.66. The Kier molecular flexibility index (Phi) is 3.77. The summed E-state index contributed by atoms with van der Waals surface area (Å²) in [6.07, 6.45) is 1.45. The first-order chi connectivity index (χ1) is 4.63. The van der Waals surface area contributed by atoms with Crippen LogP contribution in [-0.4, -0.2) is 11.1 Å². The Morgan fingerprint density at radius 2 is 1.80 bits per heavy atom. The number of carbonyl (C=O) groups is 1. The molecular weight excluding hydrogens is 128 g/mol. The van der Waals surface area contributed by atoms with Crippen molar-refractivity contribution >= 4 is 5.97 Å². The van der Waals surface area contributed by atoms with Crippen LogP contribution in [0.1, 0.15) is 33.6 Å². The number of aliphatic carboxylic acids is 1. The predicted octanol–water partition coefficient (Wildman–Crippen LogP) is 2.21. The highest BCUT2D eigenvalue weighted by molar-refractivity contribution is 5.87. The Labute approximate surface area is 61.6 Å². The molecule has 0 saturated carbocycles. The van der Waals surface area contributed by atoms with Crippen molar-refractivity contribution in [3.05, 3.63) is 11.1 Å². The molecule has 2 nitrogen and oxygen atoms in total. The summed E-state index contributed by atoms with van der Waals surface area (Å²) in [4.78, 5) is 10.5. The minimum atomic E-state index is -0.776. The molecule has 0 aliphatic carbocycles. The fourth-order valence-electron chi connectivity index (χ4n) is 0.849. The van der Waals surface area contributed by atoms with Crippen molar-refractivity contribution in [1.82, 2.24) is 0 Å². The van der Waals surface area contributed by atoms with Gasteiger partial charge in [-0.1, -0.05) is 19.4 Å². The van der Waals surface area contributed by atoms with E-state index >= 15 is 0 Å². The van der Waals surface area contributed by atoms with E-state index in [2.05, 4.69) is 0 Å². The molecule has 0 heterocycles. The van der Waals surface area contributed by atoms with Crippen LogP contribution in [-0.2, 0) is 4.79 Å². The van der Waals surface area contributed by atoms with E-state index in [0.29, 0.717) is 12.0 Å². The number of carboxylic acid groups (broad SMARTS) is 1. The molecular formula is C8H14O2. The fraction of sp³-hybridized carbons (Fsp3) is 0.625. The zero-order valence-corrected chi connectivity index (χ0v) is 6.77. The van der Waals surface area contributed by atoms with Gasteiger partial charge in [0.1, 0.15) is 0 Å².